The minimum Gasteiger partial charge on any atom is -0.456 e. The lowest BCUT2D eigenvalue weighted by Crippen LogP contribution is -1.99. The highest BCUT2D eigenvalue weighted by Gasteiger charge is 2.31. The average molecular weight is 1400 g/mol. The van der Waals surface area contributed by atoms with Crippen LogP contribution in [-0.2, 0) is 0 Å². The van der Waals surface area contributed by atoms with Crippen molar-refractivity contribution in [2.24, 2.45) is 0 Å². The van der Waals surface area contributed by atoms with Gasteiger partial charge in [0.25, 0.3) is 0 Å². The average Bonchev–Trinajstić information content (AvgIpc) is 1.57. The molecule has 110 heavy (non-hydrogen) atoms. The van der Waals surface area contributed by atoms with Crippen LogP contribution in [0.2, 0.25) is 0 Å². The molecular formula is C105H65N3O2. The van der Waals surface area contributed by atoms with E-state index in [0.717, 1.165) is 66.5 Å². The van der Waals surface area contributed by atoms with Gasteiger partial charge in [0.15, 0.2) is 0 Å². The quantitative estimate of drug-likeness (QED) is 0.152. The second-order valence-electron chi connectivity index (χ2n) is 29.4. The summed E-state index contributed by atoms with van der Waals surface area (Å²) >= 11 is 0. The number of nitrogens with zero attached hydrogens (tertiary/aromatic N) is 3. The molecule has 0 fully saturated rings. The van der Waals surface area contributed by atoms with Crippen LogP contribution in [0.3, 0.4) is 0 Å². The minimum atomic E-state index is 0.194. The van der Waals surface area contributed by atoms with Crippen LogP contribution in [0.5, 0.6) is 0 Å². The van der Waals surface area contributed by atoms with Gasteiger partial charge in [-0.3, -0.25) is 0 Å². The van der Waals surface area contributed by atoms with E-state index in [1.54, 1.807) is 0 Å². The third-order valence-corrected chi connectivity index (χ3v) is 23.4. The fourth-order valence-corrected chi connectivity index (χ4v) is 18.1. The maximum atomic E-state index is 6.44. The second kappa shape index (κ2) is 24.5. The Morgan fingerprint density at radius 2 is 0.573 bits per heavy atom. The van der Waals surface area contributed by atoms with Gasteiger partial charge >= 0.3 is 0 Å². The first-order valence-electron chi connectivity index (χ1n) is 37.9. The van der Waals surface area contributed by atoms with Crippen molar-refractivity contribution in [1.82, 2.24) is 13.7 Å². The molecule has 5 heterocycles. The zero-order valence-electron chi connectivity index (χ0n) is 59.7. The molecule has 23 aromatic rings. The molecule has 0 aliphatic heterocycles. The molecule has 0 amide bonds. The zero-order chi connectivity index (χ0) is 72.1. The normalized spacial score (nSPS) is 12.8. The largest absolute Gasteiger partial charge is 0.456 e. The number of rotatable bonds is 8. The Balaban J connectivity index is 0.000000132. The van der Waals surface area contributed by atoms with Gasteiger partial charge in [0.2, 0.25) is 0 Å². The lowest BCUT2D eigenvalue weighted by molar-refractivity contribution is 0.669. The van der Waals surface area contributed by atoms with E-state index >= 15 is 0 Å². The molecule has 0 saturated carbocycles. The van der Waals surface area contributed by atoms with Crippen LogP contribution < -0.4 is 0 Å². The van der Waals surface area contributed by atoms with Crippen LogP contribution >= 0.6 is 0 Å². The summed E-state index contributed by atoms with van der Waals surface area (Å²) in [5.41, 5.74) is 30.5. The molecule has 1 aliphatic rings. The number of furan rings is 2. The van der Waals surface area contributed by atoms with Crippen molar-refractivity contribution in [3.63, 3.8) is 0 Å². The van der Waals surface area contributed by atoms with Gasteiger partial charge in [-0.2, -0.15) is 0 Å². The standard InChI is InChI=1S/C53H33NO.C52H32N2O/c1-2-10-33(11-3-1)35-18-20-36(21-19-35)53-43-16-7-6-14-41(43)45-29-38(23-26-44(45)53)39-24-27-49-46(30-39)47-31-48-42-15-8-9-17-51(42)55-52(48)32-50(47)54(49)40-25-22-34-12-4-5-13-37(34)28-40;1-2-10-33(11-3-1)35-18-23-39(24-19-35)53-47-16-8-6-14-41(47)43-29-37(21-26-48(43)53)38-22-27-49-44(30-38)45-32-52-46(42-15-7-9-17-51(42)55-52)31-50(45)54(49)40-25-20-34-12-4-5-13-36(34)28-40/h1-32,53H;1-32H. The van der Waals surface area contributed by atoms with Crippen LogP contribution in [0.1, 0.15) is 22.6 Å². The highest BCUT2D eigenvalue weighted by molar-refractivity contribution is 6.20. The van der Waals surface area contributed by atoms with Gasteiger partial charge in [-0.15, -0.1) is 0 Å². The van der Waals surface area contributed by atoms with E-state index in [0.29, 0.717) is 0 Å². The van der Waals surface area contributed by atoms with Crippen LogP contribution in [0, 0.1) is 0 Å². The van der Waals surface area contributed by atoms with E-state index in [1.807, 2.05) is 12.1 Å². The summed E-state index contributed by atoms with van der Waals surface area (Å²) in [4.78, 5) is 0. The fraction of sp³-hybridized carbons (Fsp3) is 0.00952. The highest BCUT2D eigenvalue weighted by atomic mass is 16.3. The van der Waals surface area contributed by atoms with Crippen molar-refractivity contribution >= 4 is 131 Å². The summed E-state index contributed by atoms with van der Waals surface area (Å²) < 4.78 is 20.1. The molecule has 512 valence electrons. The minimum absolute atomic E-state index is 0.194. The van der Waals surface area contributed by atoms with Gasteiger partial charge in [0.05, 0.1) is 33.1 Å². The molecule has 0 bridgehead atoms. The van der Waals surface area contributed by atoms with Gasteiger partial charge in [-0.05, 0) is 209 Å². The topological polar surface area (TPSA) is 41.1 Å². The first-order valence-corrected chi connectivity index (χ1v) is 37.9. The van der Waals surface area contributed by atoms with Crippen LogP contribution in [0.25, 0.3) is 204 Å². The van der Waals surface area contributed by atoms with Crippen LogP contribution in [0.4, 0.5) is 0 Å². The zero-order valence-corrected chi connectivity index (χ0v) is 59.7. The molecule has 0 saturated heterocycles. The second-order valence-corrected chi connectivity index (χ2v) is 29.4. The van der Waals surface area contributed by atoms with E-state index in [1.165, 1.54) is 154 Å². The first-order chi connectivity index (χ1) is 54.5. The van der Waals surface area contributed by atoms with Gasteiger partial charge in [-0.1, -0.05) is 267 Å². The summed E-state index contributed by atoms with van der Waals surface area (Å²) in [6.45, 7) is 0. The van der Waals surface area contributed by atoms with Crippen molar-refractivity contribution in [3.05, 3.63) is 405 Å². The molecule has 5 heteroatoms. The van der Waals surface area contributed by atoms with Crippen molar-refractivity contribution in [1.29, 1.82) is 0 Å². The predicted octanol–water partition coefficient (Wildman–Crippen LogP) is 28.6. The van der Waals surface area contributed by atoms with Gasteiger partial charge in [0.1, 0.15) is 22.3 Å². The highest BCUT2D eigenvalue weighted by Crippen LogP contribution is 2.51. The van der Waals surface area contributed by atoms with Crippen molar-refractivity contribution in [2.75, 3.05) is 0 Å². The smallest absolute Gasteiger partial charge is 0.137 e. The molecule has 0 N–H and O–H groups in total. The van der Waals surface area contributed by atoms with Gasteiger partial charge < -0.3 is 22.5 Å². The van der Waals surface area contributed by atoms with Crippen LogP contribution in [-0.4, -0.2) is 13.7 Å². The Kier molecular flexibility index (Phi) is 13.8. The Hall–Kier alpha value is -14.5. The number of hydrogen-bond donors (Lipinski definition) is 0. The predicted molar refractivity (Wildman–Crippen MR) is 460 cm³/mol. The molecule has 5 aromatic heterocycles. The van der Waals surface area contributed by atoms with E-state index in [4.69, 9.17) is 8.83 Å². The third kappa shape index (κ3) is 9.81. The number of aromatic nitrogens is 3. The van der Waals surface area contributed by atoms with E-state index in [2.05, 4.69) is 390 Å². The monoisotopic (exact) mass is 1400 g/mol. The lowest BCUT2D eigenvalue weighted by atomic mass is 9.88. The molecule has 0 spiro atoms. The molecule has 1 atom stereocenters. The van der Waals surface area contributed by atoms with Crippen molar-refractivity contribution in [2.45, 2.75) is 5.92 Å². The van der Waals surface area contributed by atoms with E-state index in [9.17, 15) is 0 Å². The summed E-state index contributed by atoms with van der Waals surface area (Å²) in [5, 5.41) is 16.8. The fourth-order valence-electron chi connectivity index (χ4n) is 18.1. The van der Waals surface area contributed by atoms with Gasteiger partial charge in [-0.25, -0.2) is 0 Å². The molecule has 18 aromatic carbocycles. The Labute approximate surface area is 632 Å². The Morgan fingerprint density at radius 3 is 1.17 bits per heavy atom. The molecule has 0 radical (unpaired) electrons. The van der Waals surface area contributed by atoms with E-state index < -0.39 is 0 Å². The molecular weight excluding hydrogens is 1340 g/mol. The summed E-state index contributed by atoms with van der Waals surface area (Å²) in [6, 6.07) is 141. The summed E-state index contributed by atoms with van der Waals surface area (Å²) in [5.74, 6) is 0.194. The third-order valence-electron chi connectivity index (χ3n) is 23.4. The maximum Gasteiger partial charge on any atom is 0.137 e. The van der Waals surface area contributed by atoms with Crippen molar-refractivity contribution < 1.29 is 8.83 Å². The summed E-state index contributed by atoms with van der Waals surface area (Å²) in [6.07, 6.45) is 0. The Morgan fingerprint density at radius 1 is 0.182 bits per heavy atom. The lowest BCUT2D eigenvalue weighted by Gasteiger charge is -2.15. The molecule has 24 rings (SSSR count). The molecule has 1 aliphatic carbocycles. The van der Waals surface area contributed by atoms with E-state index in [-0.39, 0.29) is 5.92 Å². The molecule has 5 nitrogen and oxygen atoms in total. The maximum absolute atomic E-state index is 6.44. The van der Waals surface area contributed by atoms with Crippen molar-refractivity contribution in [3.8, 4) is 72.7 Å². The number of fused-ring (bicyclic) bond motifs is 20. The SMILES string of the molecule is c1ccc(-c2ccc(-n3c4ccccc4c4cc(-c5ccc6c(c5)c5cc7oc8ccccc8c7cc5n6-c5ccc6ccccc6c5)ccc43)cc2)cc1.c1ccc(-c2ccc(C3c4ccccc4-c4cc(-c5ccc6c(c5)c5cc7c(cc5n6-c5ccc6ccccc6c5)oc5ccccc57)ccc43)cc2)cc1. The Bertz CT molecular complexity index is 7700. The summed E-state index contributed by atoms with van der Waals surface area (Å²) in [7, 11) is 0. The first kappa shape index (κ1) is 61.8. The number of benzene rings is 18. The number of hydrogen-bond acceptors (Lipinski definition) is 2. The van der Waals surface area contributed by atoms with Gasteiger partial charge in [0, 0.05) is 82.9 Å². The number of para-hydroxylation sites is 3. The van der Waals surface area contributed by atoms with Crippen LogP contribution in [0.15, 0.2) is 397 Å². The molecule has 1 unspecified atom stereocenters.